The van der Waals surface area contributed by atoms with Crippen LogP contribution >= 0.6 is 0 Å². The molecule has 8 heteroatoms. The molecule has 1 aromatic heterocycles. The van der Waals surface area contributed by atoms with Gasteiger partial charge in [0.15, 0.2) is 6.61 Å². The van der Waals surface area contributed by atoms with Gasteiger partial charge >= 0.3 is 0 Å². The molecule has 0 radical (unpaired) electrons. The highest BCUT2D eigenvalue weighted by Gasteiger charge is 2.16. The highest BCUT2D eigenvalue weighted by molar-refractivity contribution is 5.44. The number of hydrogen-bond donors (Lipinski definition) is 1. The van der Waals surface area contributed by atoms with E-state index in [0.29, 0.717) is 23.0 Å². The van der Waals surface area contributed by atoms with E-state index in [9.17, 15) is 15.2 Å². The zero-order valence-electron chi connectivity index (χ0n) is 10.9. The first-order valence-corrected chi connectivity index (χ1v) is 5.85. The van der Waals surface area contributed by atoms with Gasteiger partial charge in [-0.05, 0) is 13.0 Å². The smallest absolute Gasteiger partial charge is 0.270 e. The molecule has 1 aromatic carbocycles. The molecule has 0 bridgehead atoms. The molecule has 0 aliphatic carbocycles. The van der Waals surface area contributed by atoms with Gasteiger partial charge in [-0.1, -0.05) is 5.16 Å². The molecule has 0 aliphatic rings. The number of aryl methyl sites for hydroxylation is 1. The summed E-state index contributed by atoms with van der Waals surface area (Å²) in [5.74, 6) is 1.12. The van der Waals surface area contributed by atoms with E-state index in [2.05, 4.69) is 10.1 Å². The molecule has 106 valence electrons. The maximum atomic E-state index is 10.7. The lowest BCUT2D eigenvalue weighted by molar-refractivity contribution is -0.385. The average Bonchev–Trinajstić information content (AvgIpc) is 2.81. The monoisotopic (exact) mass is 279 g/mol. The molecule has 1 atom stereocenters. The minimum absolute atomic E-state index is 0.0505. The van der Waals surface area contributed by atoms with Crippen LogP contribution in [-0.4, -0.2) is 20.2 Å². The van der Waals surface area contributed by atoms with Crippen molar-refractivity contribution in [2.75, 3.05) is 0 Å². The molecule has 8 nitrogen and oxygen atoms in total. The van der Waals surface area contributed by atoms with Gasteiger partial charge in [-0.3, -0.25) is 10.1 Å². The molecular formula is C12H13N3O5. The summed E-state index contributed by atoms with van der Waals surface area (Å²) in [5.41, 5.74) is 0.225. The van der Waals surface area contributed by atoms with Crippen LogP contribution in [0.4, 0.5) is 5.69 Å². The lowest BCUT2D eigenvalue weighted by Crippen LogP contribution is -2.03. The van der Waals surface area contributed by atoms with Gasteiger partial charge in [0.2, 0.25) is 11.7 Å². The quantitative estimate of drug-likeness (QED) is 0.657. The second kappa shape index (κ2) is 5.66. The zero-order chi connectivity index (χ0) is 14.7. The number of benzene rings is 1. The Hall–Kier alpha value is -2.48. The third kappa shape index (κ3) is 3.09. The van der Waals surface area contributed by atoms with Crippen molar-refractivity contribution in [3.63, 3.8) is 0 Å². The van der Waals surface area contributed by atoms with Crippen molar-refractivity contribution in [1.29, 1.82) is 0 Å². The fourth-order valence-corrected chi connectivity index (χ4v) is 1.65. The van der Waals surface area contributed by atoms with Crippen molar-refractivity contribution in [2.45, 2.75) is 26.6 Å². The van der Waals surface area contributed by atoms with Crippen LogP contribution in [-0.2, 0) is 6.61 Å². The second-order valence-electron chi connectivity index (χ2n) is 4.17. The Morgan fingerprint density at radius 2 is 2.30 bits per heavy atom. The van der Waals surface area contributed by atoms with Crippen LogP contribution < -0.4 is 4.74 Å². The Morgan fingerprint density at radius 1 is 1.55 bits per heavy atom. The van der Waals surface area contributed by atoms with Gasteiger partial charge in [0, 0.05) is 24.6 Å². The summed E-state index contributed by atoms with van der Waals surface area (Å²) in [4.78, 5) is 14.2. The predicted molar refractivity (Wildman–Crippen MR) is 67.1 cm³/mol. The molecule has 0 aliphatic heterocycles. The lowest BCUT2D eigenvalue weighted by Gasteiger charge is -2.12. The van der Waals surface area contributed by atoms with Crippen molar-refractivity contribution in [1.82, 2.24) is 10.1 Å². The highest BCUT2D eigenvalue weighted by Crippen LogP contribution is 2.29. The molecule has 1 heterocycles. The summed E-state index contributed by atoms with van der Waals surface area (Å²) in [6.45, 7) is 3.21. The minimum atomic E-state index is -0.892. The molecule has 0 fully saturated rings. The van der Waals surface area contributed by atoms with Crippen molar-refractivity contribution < 1.29 is 19.3 Å². The molecule has 20 heavy (non-hydrogen) atoms. The maximum absolute atomic E-state index is 10.7. The number of aliphatic hydroxyl groups excluding tert-OH is 1. The molecule has 2 rings (SSSR count). The number of non-ortho nitro benzene ring substituents is 1. The molecule has 0 saturated heterocycles. The number of nitrogens with zero attached hydrogens (tertiary/aromatic N) is 3. The van der Waals surface area contributed by atoms with Gasteiger partial charge in [-0.2, -0.15) is 4.98 Å². The first-order chi connectivity index (χ1) is 9.47. The second-order valence-corrected chi connectivity index (χ2v) is 4.17. The molecule has 0 spiro atoms. The Labute approximate surface area is 114 Å². The number of rotatable bonds is 5. The highest BCUT2D eigenvalue weighted by atomic mass is 16.6. The van der Waals surface area contributed by atoms with E-state index in [-0.39, 0.29) is 12.3 Å². The van der Waals surface area contributed by atoms with E-state index in [1.807, 2.05) is 0 Å². The van der Waals surface area contributed by atoms with Crippen LogP contribution in [0.15, 0.2) is 22.7 Å². The van der Waals surface area contributed by atoms with Crippen LogP contribution in [0.3, 0.4) is 0 Å². The standard InChI is InChI=1S/C12H13N3O5/c1-7(16)10-5-9(15(17)18)3-4-11(10)19-6-12-13-8(2)20-14-12/h3-5,7,16H,6H2,1-2H3. The first kappa shape index (κ1) is 13.9. The Morgan fingerprint density at radius 3 is 2.85 bits per heavy atom. The van der Waals surface area contributed by atoms with E-state index in [0.717, 1.165) is 0 Å². The molecule has 1 unspecified atom stereocenters. The van der Waals surface area contributed by atoms with Crippen LogP contribution in [0.25, 0.3) is 0 Å². The summed E-state index contributed by atoms with van der Waals surface area (Å²) in [7, 11) is 0. The van der Waals surface area contributed by atoms with Gasteiger partial charge in [0.05, 0.1) is 11.0 Å². The average molecular weight is 279 g/mol. The number of aromatic nitrogens is 2. The van der Waals surface area contributed by atoms with Crippen molar-refractivity contribution in [3.8, 4) is 5.75 Å². The van der Waals surface area contributed by atoms with Crippen LogP contribution in [0.2, 0.25) is 0 Å². The SMILES string of the molecule is Cc1nc(COc2ccc([N+](=O)[O-])cc2C(C)O)no1. The van der Waals surface area contributed by atoms with Crippen LogP contribution in [0.1, 0.15) is 30.3 Å². The fraction of sp³-hybridized carbons (Fsp3) is 0.333. The van der Waals surface area contributed by atoms with Gasteiger partial charge in [-0.15, -0.1) is 0 Å². The number of hydrogen-bond acceptors (Lipinski definition) is 7. The van der Waals surface area contributed by atoms with Crippen LogP contribution in [0, 0.1) is 17.0 Å². The third-order valence-corrected chi connectivity index (χ3v) is 2.58. The van der Waals surface area contributed by atoms with Crippen molar-refractivity contribution >= 4 is 5.69 Å². The first-order valence-electron chi connectivity index (χ1n) is 5.85. The fourth-order valence-electron chi connectivity index (χ4n) is 1.65. The summed E-state index contributed by atoms with van der Waals surface area (Å²) >= 11 is 0. The van der Waals surface area contributed by atoms with E-state index in [4.69, 9.17) is 9.26 Å². The van der Waals surface area contributed by atoms with Crippen molar-refractivity contribution in [3.05, 3.63) is 45.6 Å². The zero-order valence-corrected chi connectivity index (χ0v) is 10.9. The van der Waals surface area contributed by atoms with E-state index in [1.54, 1.807) is 6.92 Å². The number of nitro benzene ring substituents is 1. The lowest BCUT2D eigenvalue weighted by atomic mass is 10.1. The Kier molecular flexibility index (Phi) is 3.94. The van der Waals surface area contributed by atoms with E-state index in [1.165, 1.54) is 25.1 Å². The number of nitro groups is 1. The minimum Gasteiger partial charge on any atom is -0.485 e. The normalized spacial score (nSPS) is 12.2. The largest absolute Gasteiger partial charge is 0.485 e. The van der Waals surface area contributed by atoms with E-state index < -0.39 is 11.0 Å². The Balaban J connectivity index is 2.20. The van der Waals surface area contributed by atoms with Gasteiger partial charge in [0.1, 0.15) is 5.75 Å². The molecule has 1 N–H and O–H groups in total. The van der Waals surface area contributed by atoms with Gasteiger partial charge in [0.25, 0.3) is 5.69 Å². The number of ether oxygens (including phenoxy) is 1. The predicted octanol–water partition coefficient (Wildman–Crippen LogP) is 1.92. The maximum Gasteiger partial charge on any atom is 0.270 e. The molecule has 0 amide bonds. The topological polar surface area (TPSA) is 112 Å². The van der Waals surface area contributed by atoms with Crippen LogP contribution in [0.5, 0.6) is 5.75 Å². The molecule has 0 saturated carbocycles. The summed E-state index contributed by atoms with van der Waals surface area (Å²) in [6.07, 6.45) is -0.892. The summed E-state index contributed by atoms with van der Waals surface area (Å²) in [6, 6.07) is 4.03. The number of aliphatic hydroxyl groups is 1. The third-order valence-electron chi connectivity index (χ3n) is 2.58. The Bertz CT molecular complexity index is 623. The summed E-state index contributed by atoms with van der Waals surface area (Å²) < 4.78 is 10.3. The van der Waals surface area contributed by atoms with Gasteiger partial charge < -0.3 is 14.4 Å². The molecular weight excluding hydrogens is 266 g/mol. The van der Waals surface area contributed by atoms with E-state index >= 15 is 0 Å². The molecule has 2 aromatic rings. The summed E-state index contributed by atoms with van der Waals surface area (Å²) in [5, 5.41) is 24.0. The van der Waals surface area contributed by atoms with Crippen molar-refractivity contribution in [2.24, 2.45) is 0 Å². The van der Waals surface area contributed by atoms with Gasteiger partial charge in [-0.25, -0.2) is 0 Å².